The van der Waals surface area contributed by atoms with Gasteiger partial charge in [0.05, 0.1) is 6.04 Å². The minimum atomic E-state index is 0.125. The van der Waals surface area contributed by atoms with Crippen LogP contribution in [0.1, 0.15) is 32.6 Å². The van der Waals surface area contributed by atoms with Gasteiger partial charge in [0.25, 0.3) is 0 Å². The van der Waals surface area contributed by atoms with E-state index in [0.717, 1.165) is 32.5 Å². The van der Waals surface area contributed by atoms with Gasteiger partial charge in [-0.05, 0) is 38.1 Å². The third-order valence-electron chi connectivity index (χ3n) is 3.33. The summed E-state index contributed by atoms with van der Waals surface area (Å²) in [7, 11) is 0. The Morgan fingerprint density at radius 1 is 1.36 bits per heavy atom. The van der Waals surface area contributed by atoms with Crippen molar-refractivity contribution < 1.29 is 4.79 Å². The predicted octanol–water partition coefficient (Wildman–Crippen LogP) is 0.997. The summed E-state index contributed by atoms with van der Waals surface area (Å²) in [6.45, 7) is 5.19. The lowest BCUT2D eigenvalue weighted by Crippen LogP contribution is -2.47. The monoisotopic (exact) mass is 196 g/mol. The molecule has 14 heavy (non-hydrogen) atoms. The lowest BCUT2D eigenvalue weighted by Gasteiger charge is -2.32. The predicted molar refractivity (Wildman–Crippen MR) is 56.0 cm³/mol. The quantitative estimate of drug-likeness (QED) is 0.678. The lowest BCUT2D eigenvalue weighted by atomic mass is 9.99. The number of piperidine rings is 1. The highest BCUT2D eigenvalue weighted by atomic mass is 16.2. The number of hydrogen-bond acceptors (Lipinski definition) is 2. The zero-order valence-electron chi connectivity index (χ0n) is 8.96. The maximum atomic E-state index is 12.0. The standard InChI is InChI=1S/C11H20N2O/c1-9-4-3-7-13(8-9)11(14)10-5-2-6-12-10/h9-10,12H,2-8H2,1H3/t9-,10+/m1/s1. The number of amides is 1. The topological polar surface area (TPSA) is 32.3 Å². The van der Waals surface area contributed by atoms with Gasteiger partial charge in [0.2, 0.25) is 5.91 Å². The van der Waals surface area contributed by atoms with Crippen molar-refractivity contribution in [1.82, 2.24) is 10.2 Å². The third-order valence-corrected chi connectivity index (χ3v) is 3.33. The highest BCUT2D eigenvalue weighted by Crippen LogP contribution is 2.18. The number of nitrogens with one attached hydrogen (secondary N) is 1. The van der Waals surface area contributed by atoms with Gasteiger partial charge in [-0.2, -0.15) is 0 Å². The molecule has 1 amide bonds. The highest BCUT2D eigenvalue weighted by Gasteiger charge is 2.28. The molecule has 0 aromatic carbocycles. The van der Waals surface area contributed by atoms with E-state index in [-0.39, 0.29) is 6.04 Å². The fraction of sp³-hybridized carbons (Fsp3) is 0.909. The summed E-state index contributed by atoms with van der Waals surface area (Å²) in [6.07, 6.45) is 4.64. The molecule has 3 nitrogen and oxygen atoms in total. The Labute approximate surface area is 85.8 Å². The van der Waals surface area contributed by atoms with Gasteiger partial charge in [0, 0.05) is 13.1 Å². The van der Waals surface area contributed by atoms with Crippen molar-refractivity contribution >= 4 is 5.91 Å². The number of rotatable bonds is 1. The highest BCUT2D eigenvalue weighted by molar-refractivity contribution is 5.82. The van der Waals surface area contributed by atoms with Crippen molar-refractivity contribution in [3.63, 3.8) is 0 Å². The Balaban J connectivity index is 1.89. The van der Waals surface area contributed by atoms with Crippen molar-refractivity contribution in [2.75, 3.05) is 19.6 Å². The van der Waals surface area contributed by atoms with Gasteiger partial charge in [0.15, 0.2) is 0 Å². The second kappa shape index (κ2) is 4.30. The van der Waals surface area contributed by atoms with Crippen molar-refractivity contribution in [3.8, 4) is 0 Å². The van der Waals surface area contributed by atoms with E-state index in [1.807, 2.05) is 0 Å². The summed E-state index contributed by atoms with van der Waals surface area (Å²) >= 11 is 0. The molecule has 2 atom stereocenters. The van der Waals surface area contributed by atoms with Crippen LogP contribution in [-0.2, 0) is 4.79 Å². The summed E-state index contributed by atoms with van der Waals surface area (Å²) in [6, 6.07) is 0.125. The Morgan fingerprint density at radius 3 is 2.86 bits per heavy atom. The second-order valence-electron chi connectivity index (χ2n) is 4.68. The molecule has 2 heterocycles. The van der Waals surface area contributed by atoms with Crippen LogP contribution in [0.5, 0.6) is 0 Å². The van der Waals surface area contributed by atoms with Gasteiger partial charge in [0.1, 0.15) is 0 Å². The summed E-state index contributed by atoms with van der Waals surface area (Å²) < 4.78 is 0. The molecule has 2 saturated heterocycles. The normalized spacial score (nSPS) is 33.4. The van der Waals surface area contributed by atoms with Crippen molar-refractivity contribution in [2.45, 2.75) is 38.6 Å². The van der Waals surface area contributed by atoms with Crippen LogP contribution in [0.3, 0.4) is 0 Å². The van der Waals surface area contributed by atoms with Gasteiger partial charge >= 0.3 is 0 Å². The van der Waals surface area contributed by atoms with Crippen LogP contribution >= 0.6 is 0 Å². The van der Waals surface area contributed by atoms with Crippen molar-refractivity contribution in [3.05, 3.63) is 0 Å². The van der Waals surface area contributed by atoms with Gasteiger partial charge in [-0.3, -0.25) is 4.79 Å². The van der Waals surface area contributed by atoms with Crippen LogP contribution in [-0.4, -0.2) is 36.5 Å². The molecule has 3 heteroatoms. The van der Waals surface area contributed by atoms with Crippen LogP contribution in [0.2, 0.25) is 0 Å². The fourth-order valence-electron chi connectivity index (χ4n) is 2.51. The van der Waals surface area contributed by atoms with Gasteiger partial charge in [-0.1, -0.05) is 6.92 Å². The number of likely N-dealkylation sites (tertiary alicyclic amines) is 1. The molecular formula is C11H20N2O. The van der Waals surface area contributed by atoms with Crippen LogP contribution in [0.15, 0.2) is 0 Å². The molecule has 0 spiro atoms. The Hall–Kier alpha value is -0.570. The molecule has 0 radical (unpaired) electrons. The van der Waals surface area contributed by atoms with E-state index >= 15 is 0 Å². The van der Waals surface area contributed by atoms with Crippen molar-refractivity contribution in [2.24, 2.45) is 5.92 Å². The van der Waals surface area contributed by atoms with E-state index in [1.165, 1.54) is 12.8 Å². The van der Waals surface area contributed by atoms with E-state index in [9.17, 15) is 4.79 Å². The second-order valence-corrected chi connectivity index (χ2v) is 4.68. The van der Waals surface area contributed by atoms with E-state index < -0.39 is 0 Å². The molecule has 1 N–H and O–H groups in total. The first-order chi connectivity index (χ1) is 6.77. The van der Waals surface area contributed by atoms with Crippen LogP contribution in [0, 0.1) is 5.92 Å². The van der Waals surface area contributed by atoms with Crippen LogP contribution in [0.25, 0.3) is 0 Å². The van der Waals surface area contributed by atoms with Gasteiger partial charge < -0.3 is 10.2 Å². The van der Waals surface area contributed by atoms with Crippen LogP contribution in [0.4, 0.5) is 0 Å². The van der Waals surface area contributed by atoms with E-state index in [1.54, 1.807) is 0 Å². The Bertz CT molecular complexity index is 211. The van der Waals surface area contributed by atoms with Crippen molar-refractivity contribution in [1.29, 1.82) is 0 Å². The fourth-order valence-corrected chi connectivity index (χ4v) is 2.51. The minimum absolute atomic E-state index is 0.125. The number of carbonyl (C=O) groups excluding carboxylic acids is 1. The first-order valence-corrected chi connectivity index (χ1v) is 5.79. The summed E-state index contributed by atoms with van der Waals surface area (Å²) in [5.74, 6) is 1.03. The molecule has 80 valence electrons. The molecule has 2 rings (SSSR count). The summed E-state index contributed by atoms with van der Waals surface area (Å²) in [5, 5.41) is 3.28. The summed E-state index contributed by atoms with van der Waals surface area (Å²) in [4.78, 5) is 14.1. The molecule has 0 aliphatic carbocycles. The number of carbonyl (C=O) groups is 1. The molecule has 0 saturated carbocycles. The maximum Gasteiger partial charge on any atom is 0.239 e. The summed E-state index contributed by atoms with van der Waals surface area (Å²) in [5.41, 5.74) is 0. The van der Waals surface area contributed by atoms with Gasteiger partial charge in [-0.25, -0.2) is 0 Å². The average molecular weight is 196 g/mol. The minimum Gasteiger partial charge on any atom is -0.341 e. The lowest BCUT2D eigenvalue weighted by molar-refractivity contribution is -0.134. The third kappa shape index (κ3) is 2.08. The molecule has 2 aliphatic heterocycles. The zero-order valence-corrected chi connectivity index (χ0v) is 8.96. The smallest absolute Gasteiger partial charge is 0.239 e. The SMILES string of the molecule is C[C@@H]1CCCN(C(=O)[C@@H]2CCCN2)C1. The maximum absolute atomic E-state index is 12.0. The molecular weight excluding hydrogens is 176 g/mol. The molecule has 2 fully saturated rings. The first-order valence-electron chi connectivity index (χ1n) is 5.79. The molecule has 0 bridgehead atoms. The number of nitrogens with zero attached hydrogens (tertiary/aromatic N) is 1. The van der Waals surface area contributed by atoms with Crippen LogP contribution < -0.4 is 5.32 Å². The zero-order chi connectivity index (χ0) is 9.97. The number of hydrogen-bond donors (Lipinski definition) is 1. The molecule has 2 aliphatic rings. The van der Waals surface area contributed by atoms with Gasteiger partial charge in [-0.15, -0.1) is 0 Å². The van der Waals surface area contributed by atoms with E-state index in [2.05, 4.69) is 17.1 Å². The molecule has 0 aromatic rings. The molecule has 0 unspecified atom stereocenters. The largest absolute Gasteiger partial charge is 0.341 e. The molecule has 0 aromatic heterocycles. The average Bonchev–Trinajstić information content (AvgIpc) is 2.69. The van der Waals surface area contributed by atoms with E-state index in [0.29, 0.717) is 11.8 Å². The Kier molecular flexibility index (Phi) is 3.06. The van der Waals surface area contributed by atoms with E-state index in [4.69, 9.17) is 0 Å². The first kappa shape index (κ1) is 9.97. The Morgan fingerprint density at radius 2 is 2.21 bits per heavy atom.